The first kappa shape index (κ1) is 18.3. The highest BCUT2D eigenvalue weighted by Crippen LogP contribution is 2.26. The molecule has 0 aromatic heterocycles. The van der Waals surface area contributed by atoms with Gasteiger partial charge in [0.05, 0.1) is 7.11 Å². The van der Waals surface area contributed by atoms with Gasteiger partial charge in [-0.05, 0) is 67.6 Å². The predicted molar refractivity (Wildman–Crippen MR) is 100.0 cm³/mol. The third-order valence-electron chi connectivity index (χ3n) is 4.40. The molecule has 1 amide bonds. The number of nitrogens with one attached hydrogen (secondary N) is 1. The Morgan fingerprint density at radius 1 is 1.12 bits per heavy atom. The molecule has 6 heteroatoms. The number of amides is 1. The molecule has 0 spiro atoms. The number of hydrogen-bond acceptors (Lipinski definition) is 4. The van der Waals surface area contributed by atoms with Crippen molar-refractivity contribution in [3.63, 3.8) is 0 Å². The molecule has 1 aliphatic rings. The van der Waals surface area contributed by atoms with Gasteiger partial charge in [-0.1, -0.05) is 17.7 Å². The van der Waals surface area contributed by atoms with Crippen LogP contribution in [0.1, 0.15) is 34.8 Å². The third kappa shape index (κ3) is 3.99. The van der Waals surface area contributed by atoms with Crippen molar-refractivity contribution < 1.29 is 19.1 Å². The van der Waals surface area contributed by atoms with Crippen molar-refractivity contribution >= 4 is 29.2 Å². The smallest absolute Gasteiger partial charge is 0.342 e. The zero-order valence-electron chi connectivity index (χ0n) is 14.7. The van der Waals surface area contributed by atoms with E-state index in [1.165, 1.54) is 31.2 Å². The third-order valence-corrected chi connectivity index (χ3v) is 4.64. The summed E-state index contributed by atoms with van der Waals surface area (Å²) in [6.07, 6.45) is 2.29. The number of carbonyl (C=O) groups is 2. The summed E-state index contributed by atoms with van der Waals surface area (Å²) in [4.78, 5) is 24.7. The van der Waals surface area contributed by atoms with E-state index in [2.05, 4.69) is 5.32 Å². The van der Waals surface area contributed by atoms with E-state index in [1.807, 2.05) is 18.2 Å². The quantitative estimate of drug-likeness (QED) is 0.804. The van der Waals surface area contributed by atoms with Crippen LogP contribution in [0.3, 0.4) is 0 Å². The van der Waals surface area contributed by atoms with Crippen molar-refractivity contribution in [1.29, 1.82) is 0 Å². The molecule has 0 saturated carbocycles. The molecule has 0 aliphatic heterocycles. The van der Waals surface area contributed by atoms with Gasteiger partial charge in [0, 0.05) is 10.7 Å². The summed E-state index contributed by atoms with van der Waals surface area (Å²) in [5.74, 6) is -0.719. The van der Waals surface area contributed by atoms with Gasteiger partial charge in [-0.2, -0.15) is 0 Å². The number of methoxy groups -OCH3 is 1. The number of ether oxygens (including phenoxy) is 2. The van der Waals surface area contributed by atoms with Gasteiger partial charge in [0.25, 0.3) is 5.91 Å². The Hall–Kier alpha value is -2.53. The fourth-order valence-electron chi connectivity index (χ4n) is 3.01. The topological polar surface area (TPSA) is 64.6 Å². The Labute approximate surface area is 157 Å². The Morgan fingerprint density at radius 3 is 2.65 bits per heavy atom. The van der Waals surface area contributed by atoms with Crippen LogP contribution in [0.25, 0.3) is 0 Å². The summed E-state index contributed by atoms with van der Waals surface area (Å²) in [6.45, 7) is 1.53. The maximum atomic E-state index is 12.4. The minimum absolute atomic E-state index is 0.178. The van der Waals surface area contributed by atoms with Crippen molar-refractivity contribution in [2.45, 2.75) is 32.3 Å². The van der Waals surface area contributed by atoms with Crippen LogP contribution in [0.15, 0.2) is 36.4 Å². The first-order valence-electron chi connectivity index (χ1n) is 8.45. The number of rotatable bonds is 5. The van der Waals surface area contributed by atoms with Crippen molar-refractivity contribution in [1.82, 2.24) is 0 Å². The lowest BCUT2D eigenvalue weighted by Crippen LogP contribution is -2.30. The average molecular weight is 374 g/mol. The summed E-state index contributed by atoms with van der Waals surface area (Å²) >= 11 is 5.93. The fourth-order valence-corrected chi connectivity index (χ4v) is 3.18. The number of benzene rings is 2. The van der Waals surface area contributed by atoms with Crippen LogP contribution in [-0.2, 0) is 22.4 Å². The number of aryl methyl sites for hydroxylation is 2. The molecule has 1 atom stereocenters. The molecule has 0 bridgehead atoms. The van der Waals surface area contributed by atoms with E-state index in [-0.39, 0.29) is 5.56 Å². The van der Waals surface area contributed by atoms with Crippen molar-refractivity contribution in [2.24, 2.45) is 0 Å². The molecule has 26 heavy (non-hydrogen) atoms. The molecule has 2 aromatic carbocycles. The fraction of sp³-hybridized carbons (Fsp3) is 0.300. The lowest BCUT2D eigenvalue weighted by Gasteiger charge is -2.15. The second kappa shape index (κ2) is 7.79. The van der Waals surface area contributed by atoms with Crippen LogP contribution in [0.5, 0.6) is 5.75 Å². The van der Waals surface area contributed by atoms with E-state index in [1.54, 1.807) is 12.1 Å². The lowest BCUT2D eigenvalue weighted by molar-refractivity contribution is -0.123. The minimum Gasteiger partial charge on any atom is -0.496 e. The van der Waals surface area contributed by atoms with Gasteiger partial charge in [0.15, 0.2) is 6.10 Å². The van der Waals surface area contributed by atoms with Gasteiger partial charge < -0.3 is 14.8 Å². The molecule has 1 N–H and O–H groups in total. The monoisotopic (exact) mass is 373 g/mol. The number of anilines is 1. The highest BCUT2D eigenvalue weighted by atomic mass is 35.5. The Kier molecular flexibility index (Phi) is 5.47. The summed E-state index contributed by atoms with van der Waals surface area (Å²) in [6, 6.07) is 10.5. The first-order valence-corrected chi connectivity index (χ1v) is 8.83. The van der Waals surface area contributed by atoms with Gasteiger partial charge >= 0.3 is 5.97 Å². The zero-order chi connectivity index (χ0) is 18.7. The number of hydrogen-bond donors (Lipinski definition) is 1. The molecule has 2 aromatic rings. The summed E-state index contributed by atoms with van der Waals surface area (Å²) in [5, 5.41) is 3.18. The Bertz CT molecular complexity index is 850. The molecular weight excluding hydrogens is 354 g/mol. The van der Waals surface area contributed by atoms with Crippen LogP contribution in [0, 0.1) is 0 Å². The largest absolute Gasteiger partial charge is 0.496 e. The van der Waals surface area contributed by atoms with Crippen molar-refractivity contribution in [3.8, 4) is 5.75 Å². The second-order valence-corrected chi connectivity index (χ2v) is 6.65. The van der Waals surface area contributed by atoms with E-state index < -0.39 is 18.0 Å². The molecule has 0 saturated heterocycles. The zero-order valence-corrected chi connectivity index (χ0v) is 15.4. The summed E-state index contributed by atoms with van der Waals surface area (Å²) < 4.78 is 10.4. The van der Waals surface area contributed by atoms with Crippen LogP contribution >= 0.6 is 11.6 Å². The number of esters is 1. The molecule has 0 radical (unpaired) electrons. The van der Waals surface area contributed by atoms with E-state index in [4.69, 9.17) is 21.1 Å². The molecule has 136 valence electrons. The number of halogens is 1. The van der Waals surface area contributed by atoms with Gasteiger partial charge in [-0.3, -0.25) is 4.79 Å². The molecule has 0 heterocycles. The second-order valence-electron chi connectivity index (χ2n) is 6.22. The predicted octanol–water partition coefficient (Wildman–Crippen LogP) is 4.02. The van der Waals surface area contributed by atoms with Gasteiger partial charge in [0.2, 0.25) is 0 Å². The molecular formula is C20H20ClNO4. The molecule has 1 aliphatic carbocycles. The molecule has 0 fully saturated rings. The van der Waals surface area contributed by atoms with Crippen molar-refractivity contribution in [2.75, 3.05) is 12.4 Å². The Morgan fingerprint density at radius 2 is 1.88 bits per heavy atom. The molecule has 3 rings (SSSR count). The van der Waals surface area contributed by atoms with Crippen LogP contribution in [0.4, 0.5) is 5.69 Å². The minimum atomic E-state index is -0.959. The maximum Gasteiger partial charge on any atom is 0.342 e. The Balaban J connectivity index is 1.66. The van der Waals surface area contributed by atoms with Gasteiger partial charge in [-0.15, -0.1) is 0 Å². The average Bonchev–Trinajstić information content (AvgIpc) is 3.09. The van der Waals surface area contributed by atoms with Gasteiger partial charge in [-0.25, -0.2) is 4.79 Å². The van der Waals surface area contributed by atoms with Crippen LogP contribution in [-0.4, -0.2) is 25.1 Å². The van der Waals surface area contributed by atoms with Crippen molar-refractivity contribution in [3.05, 3.63) is 58.1 Å². The SMILES string of the molecule is COc1ccc(Cl)cc1C(=O)O[C@H](C)C(=O)Nc1ccc2c(c1)CCC2. The van der Waals surface area contributed by atoms with E-state index in [0.717, 1.165) is 19.3 Å². The van der Waals surface area contributed by atoms with Crippen LogP contribution in [0.2, 0.25) is 5.02 Å². The maximum absolute atomic E-state index is 12.4. The lowest BCUT2D eigenvalue weighted by atomic mass is 10.1. The van der Waals surface area contributed by atoms with E-state index in [0.29, 0.717) is 16.5 Å². The van der Waals surface area contributed by atoms with Crippen LogP contribution < -0.4 is 10.1 Å². The van der Waals surface area contributed by atoms with Gasteiger partial charge in [0.1, 0.15) is 11.3 Å². The highest BCUT2D eigenvalue weighted by molar-refractivity contribution is 6.31. The molecule has 0 unspecified atom stereocenters. The molecule has 5 nitrogen and oxygen atoms in total. The number of carbonyl (C=O) groups excluding carboxylic acids is 2. The van der Waals surface area contributed by atoms with E-state index >= 15 is 0 Å². The number of fused-ring (bicyclic) bond motifs is 1. The van der Waals surface area contributed by atoms with E-state index in [9.17, 15) is 9.59 Å². The normalized spacial score (nSPS) is 13.7. The highest BCUT2D eigenvalue weighted by Gasteiger charge is 2.22. The standard InChI is InChI=1S/C20H20ClNO4/c1-12(26-20(24)17-11-15(21)7-9-18(17)25-2)19(23)22-16-8-6-13-4-3-5-14(13)10-16/h6-12H,3-5H2,1-2H3,(H,22,23)/t12-/m1/s1. The summed E-state index contributed by atoms with van der Waals surface area (Å²) in [5.41, 5.74) is 3.47. The summed E-state index contributed by atoms with van der Waals surface area (Å²) in [7, 11) is 1.45. The first-order chi connectivity index (χ1) is 12.5.